The Morgan fingerprint density at radius 2 is 1.83 bits per heavy atom. The van der Waals surface area contributed by atoms with E-state index >= 15 is 0 Å². The van der Waals surface area contributed by atoms with Crippen molar-refractivity contribution in [3.05, 3.63) is 45.8 Å². The second kappa shape index (κ2) is 4.39. The summed E-state index contributed by atoms with van der Waals surface area (Å²) in [5, 5.41) is 9.54. The van der Waals surface area contributed by atoms with Crippen LogP contribution in [0.3, 0.4) is 0 Å². The molecule has 3 rings (SSSR count). The van der Waals surface area contributed by atoms with E-state index in [1.54, 1.807) is 35.0 Å². The van der Waals surface area contributed by atoms with E-state index in [1.807, 2.05) is 0 Å². The summed E-state index contributed by atoms with van der Waals surface area (Å²) in [6.45, 7) is 0. The average molecular weight is 300 g/mol. The van der Waals surface area contributed by atoms with Gasteiger partial charge < -0.3 is 0 Å². The fourth-order valence-electron chi connectivity index (χ4n) is 1.63. The second-order valence-corrected chi connectivity index (χ2v) is 4.82. The first-order valence-electron chi connectivity index (χ1n) is 4.97. The normalized spacial score (nSPS) is 11.1. The minimum atomic E-state index is 0.364. The first-order valence-corrected chi connectivity index (χ1v) is 6.10. The molecule has 0 aliphatic carbocycles. The molecule has 0 atom stereocenters. The van der Waals surface area contributed by atoms with Crippen molar-refractivity contribution >= 4 is 40.4 Å². The van der Waals surface area contributed by atoms with Crippen LogP contribution < -0.4 is 0 Å². The Kier molecular flexibility index (Phi) is 2.86. The summed E-state index contributed by atoms with van der Waals surface area (Å²) in [6, 6.07) is 6.81. The third-order valence-corrected chi connectivity index (χ3v) is 3.19. The van der Waals surface area contributed by atoms with Crippen molar-refractivity contribution in [3.8, 4) is 11.4 Å². The molecule has 1 aromatic carbocycles. The average Bonchev–Trinajstić information content (AvgIpc) is 2.72. The molecular formula is C11H5Cl3N4. The maximum Gasteiger partial charge on any atom is 0.171 e. The van der Waals surface area contributed by atoms with Crippen molar-refractivity contribution in [2.24, 2.45) is 0 Å². The zero-order valence-electron chi connectivity index (χ0n) is 8.81. The fourth-order valence-corrected chi connectivity index (χ4v) is 2.26. The summed E-state index contributed by atoms with van der Waals surface area (Å²) in [5.41, 5.74) is 1.34. The molecule has 0 spiro atoms. The summed E-state index contributed by atoms with van der Waals surface area (Å²) in [7, 11) is 0. The second-order valence-electron chi connectivity index (χ2n) is 3.59. The Bertz CT molecular complexity index is 738. The number of aromatic nitrogens is 4. The Hall–Kier alpha value is -1.36. The summed E-state index contributed by atoms with van der Waals surface area (Å²) >= 11 is 17.8. The van der Waals surface area contributed by atoms with Gasteiger partial charge in [0.2, 0.25) is 0 Å². The Labute approximate surface area is 117 Å². The number of nitrogens with zero attached hydrogens (tertiary/aromatic N) is 4. The van der Waals surface area contributed by atoms with Crippen molar-refractivity contribution in [1.29, 1.82) is 0 Å². The highest BCUT2D eigenvalue weighted by atomic mass is 35.5. The van der Waals surface area contributed by atoms with Crippen molar-refractivity contribution in [2.45, 2.75) is 0 Å². The van der Waals surface area contributed by atoms with Gasteiger partial charge in [-0.3, -0.25) is 4.40 Å². The van der Waals surface area contributed by atoms with E-state index in [9.17, 15) is 0 Å². The molecule has 0 bridgehead atoms. The SMILES string of the molecule is Clc1ccc(-c2nnc3cc(Cl)ncn23)c(Cl)c1. The molecule has 2 heterocycles. The lowest BCUT2D eigenvalue weighted by atomic mass is 10.2. The molecule has 2 aromatic heterocycles. The van der Waals surface area contributed by atoms with E-state index in [1.165, 1.54) is 0 Å². The first kappa shape index (κ1) is 11.7. The van der Waals surface area contributed by atoms with E-state index < -0.39 is 0 Å². The minimum Gasteiger partial charge on any atom is -0.265 e. The smallest absolute Gasteiger partial charge is 0.171 e. The number of rotatable bonds is 1. The minimum absolute atomic E-state index is 0.364. The highest BCUT2D eigenvalue weighted by Crippen LogP contribution is 2.29. The maximum atomic E-state index is 6.14. The highest BCUT2D eigenvalue weighted by Gasteiger charge is 2.12. The largest absolute Gasteiger partial charge is 0.265 e. The van der Waals surface area contributed by atoms with Gasteiger partial charge in [0.05, 0.1) is 5.02 Å². The molecule has 0 radical (unpaired) electrons. The molecule has 0 saturated carbocycles. The molecule has 0 amide bonds. The fraction of sp³-hybridized carbons (Fsp3) is 0. The lowest BCUT2D eigenvalue weighted by Crippen LogP contribution is -1.91. The van der Waals surface area contributed by atoms with E-state index in [4.69, 9.17) is 34.8 Å². The number of fused-ring (bicyclic) bond motifs is 1. The molecule has 0 saturated heterocycles. The van der Waals surface area contributed by atoms with Crippen LogP contribution in [-0.4, -0.2) is 19.6 Å². The van der Waals surface area contributed by atoms with Crippen LogP contribution in [0.25, 0.3) is 17.0 Å². The van der Waals surface area contributed by atoms with E-state index in [2.05, 4.69) is 15.2 Å². The maximum absolute atomic E-state index is 6.14. The van der Waals surface area contributed by atoms with Crippen LogP contribution in [0.4, 0.5) is 0 Å². The van der Waals surface area contributed by atoms with Crippen LogP contribution in [0, 0.1) is 0 Å². The van der Waals surface area contributed by atoms with Gasteiger partial charge in [0, 0.05) is 16.7 Å². The molecule has 0 aliphatic heterocycles. The van der Waals surface area contributed by atoms with Crippen LogP contribution in [0.1, 0.15) is 0 Å². The standard InChI is InChI=1S/C11H5Cl3N4/c12-6-1-2-7(8(13)3-6)11-17-16-10-4-9(14)15-5-18(10)11/h1-5H. The van der Waals surface area contributed by atoms with Gasteiger partial charge in [0.15, 0.2) is 11.5 Å². The van der Waals surface area contributed by atoms with E-state index in [0.29, 0.717) is 26.7 Å². The van der Waals surface area contributed by atoms with Crippen LogP contribution in [0.2, 0.25) is 15.2 Å². The predicted octanol–water partition coefficient (Wildman–Crippen LogP) is 3.75. The number of hydrogen-bond acceptors (Lipinski definition) is 3. The Morgan fingerprint density at radius 1 is 1.00 bits per heavy atom. The van der Waals surface area contributed by atoms with Crippen LogP contribution in [0.5, 0.6) is 0 Å². The van der Waals surface area contributed by atoms with Gasteiger partial charge in [-0.05, 0) is 18.2 Å². The lowest BCUT2D eigenvalue weighted by molar-refractivity contribution is 1.08. The van der Waals surface area contributed by atoms with Crippen molar-refractivity contribution in [3.63, 3.8) is 0 Å². The molecule has 0 unspecified atom stereocenters. The van der Waals surface area contributed by atoms with Crippen LogP contribution >= 0.6 is 34.8 Å². The number of hydrogen-bond donors (Lipinski definition) is 0. The molecule has 3 aromatic rings. The van der Waals surface area contributed by atoms with Gasteiger partial charge in [-0.1, -0.05) is 34.8 Å². The molecule has 0 fully saturated rings. The van der Waals surface area contributed by atoms with Crippen molar-refractivity contribution < 1.29 is 0 Å². The highest BCUT2D eigenvalue weighted by molar-refractivity contribution is 6.36. The molecule has 0 N–H and O–H groups in total. The summed E-state index contributed by atoms with van der Waals surface area (Å²) < 4.78 is 1.71. The lowest BCUT2D eigenvalue weighted by Gasteiger charge is -2.02. The topological polar surface area (TPSA) is 43.1 Å². The monoisotopic (exact) mass is 298 g/mol. The van der Waals surface area contributed by atoms with Gasteiger partial charge in [0.25, 0.3) is 0 Å². The summed E-state index contributed by atoms with van der Waals surface area (Å²) in [4.78, 5) is 3.99. The van der Waals surface area contributed by atoms with Gasteiger partial charge in [0.1, 0.15) is 11.5 Å². The molecule has 90 valence electrons. The Morgan fingerprint density at radius 3 is 2.61 bits per heavy atom. The van der Waals surface area contributed by atoms with Gasteiger partial charge >= 0.3 is 0 Å². The number of halogens is 3. The van der Waals surface area contributed by atoms with Crippen LogP contribution in [-0.2, 0) is 0 Å². The Balaban J connectivity index is 2.25. The van der Waals surface area contributed by atoms with Gasteiger partial charge in [-0.25, -0.2) is 4.98 Å². The molecule has 4 nitrogen and oxygen atoms in total. The molecule has 7 heteroatoms. The zero-order valence-corrected chi connectivity index (χ0v) is 11.1. The quantitative estimate of drug-likeness (QED) is 0.643. The summed E-state index contributed by atoms with van der Waals surface area (Å²) in [6.07, 6.45) is 1.55. The molecule has 18 heavy (non-hydrogen) atoms. The predicted molar refractivity (Wildman–Crippen MR) is 71.2 cm³/mol. The zero-order chi connectivity index (χ0) is 12.7. The van der Waals surface area contributed by atoms with Gasteiger partial charge in [-0.15, -0.1) is 10.2 Å². The van der Waals surface area contributed by atoms with Crippen molar-refractivity contribution in [2.75, 3.05) is 0 Å². The first-order chi connectivity index (χ1) is 8.65. The third kappa shape index (κ3) is 1.92. The van der Waals surface area contributed by atoms with Crippen molar-refractivity contribution in [1.82, 2.24) is 19.6 Å². The third-order valence-electron chi connectivity index (χ3n) is 2.44. The molecule has 0 aliphatic rings. The summed E-state index contributed by atoms with van der Waals surface area (Å²) in [5.74, 6) is 0.593. The van der Waals surface area contributed by atoms with Gasteiger partial charge in [-0.2, -0.15) is 0 Å². The van der Waals surface area contributed by atoms with E-state index in [-0.39, 0.29) is 0 Å². The van der Waals surface area contributed by atoms with E-state index in [0.717, 1.165) is 5.56 Å². The molecular weight excluding hydrogens is 295 g/mol. The number of benzene rings is 1. The van der Waals surface area contributed by atoms with Crippen LogP contribution in [0.15, 0.2) is 30.6 Å².